The molecule has 0 fully saturated rings. The summed E-state index contributed by atoms with van der Waals surface area (Å²) < 4.78 is 5.60. The first-order chi connectivity index (χ1) is 9.10. The molecule has 19 heavy (non-hydrogen) atoms. The zero-order valence-electron chi connectivity index (χ0n) is 11.8. The second-order valence-corrected chi connectivity index (χ2v) is 4.67. The Bertz CT molecular complexity index is 550. The van der Waals surface area contributed by atoms with E-state index in [1.54, 1.807) is 0 Å². The van der Waals surface area contributed by atoms with Crippen molar-refractivity contribution in [2.24, 2.45) is 0 Å². The van der Waals surface area contributed by atoms with Crippen molar-refractivity contribution in [2.75, 3.05) is 11.9 Å². The van der Waals surface area contributed by atoms with Crippen LogP contribution in [0.4, 0.5) is 11.7 Å². The molecule has 1 aromatic heterocycles. The summed E-state index contributed by atoms with van der Waals surface area (Å²) in [6.45, 7) is 9.00. The number of anilines is 2. The third kappa shape index (κ3) is 3.32. The monoisotopic (exact) mass is 260 g/mol. The average molecular weight is 260 g/mol. The van der Waals surface area contributed by atoms with Crippen molar-refractivity contribution < 1.29 is 4.42 Å². The highest BCUT2D eigenvalue weighted by molar-refractivity contribution is 5.58. The van der Waals surface area contributed by atoms with E-state index in [0.717, 1.165) is 17.8 Å². The molecule has 0 aliphatic rings. The van der Waals surface area contributed by atoms with Crippen molar-refractivity contribution in [3.8, 4) is 0 Å². The Labute approximate surface area is 113 Å². The summed E-state index contributed by atoms with van der Waals surface area (Å²) >= 11 is 0. The Hall–Kier alpha value is -1.88. The molecule has 2 N–H and O–H groups in total. The lowest BCUT2D eigenvalue weighted by atomic mass is 10.1. The predicted octanol–water partition coefficient (Wildman–Crippen LogP) is 3.10. The van der Waals surface area contributed by atoms with Gasteiger partial charge in [-0.15, -0.1) is 5.10 Å². The lowest BCUT2D eigenvalue weighted by Gasteiger charge is -2.07. The molecule has 2 rings (SSSR count). The topological polar surface area (TPSA) is 63.0 Å². The van der Waals surface area contributed by atoms with Gasteiger partial charge < -0.3 is 15.1 Å². The summed E-state index contributed by atoms with van der Waals surface area (Å²) in [7, 11) is 0. The Kier molecular flexibility index (Phi) is 4.16. The minimum atomic E-state index is 0.0617. The maximum Gasteiger partial charge on any atom is 0.320 e. The van der Waals surface area contributed by atoms with E-state index in [0.29, 0.717) is 11.9 Å². The fourth-order valence-corrected chi connectivity index (χ4v) is 1.84. The normalized spacial score (nSPS) is 12.4. The van der Waals surface area contributed by atoms with E-state index in [1.165, 1.54) is 5.56 Å². The first kappa shape index (κ1) is 13.5. The van der Waals surface area contributed by atoms with Gasteiger partial charge in [-0.25, -0.2) is 0 Å². The molecule has 0 bridgehead atoms. The van der Waals surface area contributed by atoms with Crippen LogP contribution in [0.3, 0.4) is 0 Å². The maximum atomic E-state index is 5.60. The molecule has 1 unspecified atom stereocenters. The van der Waals surface area contributed by atoms with Crippen molar-refractivity contribution in [3.05, 3.63) is 35.2 Å². The van der Waals surface area contributed by atoms with E-state index in [2.05, 4.69) is 46.0 Å². The first-order valence-corrected chi connectivity index (χ1v) is 6.51. The summed E-state index contributed by atoms with van der Waals surface area (Å²) in [5.74, 6) is 0.592. The van der Waals surface area contributed by atoms with E-state index in [4.69, 9.17) is 4.42 Å². The molecule has 5 heteroatoms. The molecule has 2 aromatic rings. The van der Waals surface area contributed by atoms with Crippen molar-refractivity contribution in [1.29, 1.82) is 0 Å². The van der Waals surface area contributed by atoms with Gasteiger partial charge in [-0.1, -0.05) is 24.2 Å². The molecule has 102 valence electrons. The lowest BCUT2D eigenvalue weighted by molar-refractivity contribution is 0.430. The first-order valence-electron chi connectivity index (χ1n) is 6.51. The van der Waals surface area contributed by atoms with Gasteiger partial charge in [0.25, 0.3) is 0 Å². The Morgan fingerprint density at radius 3 is 2.79 bits per heavy atom. The van der Waals surface area contributed by atoms with Crippen LogP contribution in [0.25, 0.3) is 0 Å². The molecule has 0 aliphatic carbocycles. The zero-order valence-corrected chi connectivity index (χ0v) is 11.8. The third-order valence-electron chi connectivity index (χ3n) is 2.96. The minimum Gasteiger partial charge on any atom is -0.406 e. The second-order valence-electron chi connectivity index (χ2n) is 4.67. The molecule has 0 saturated carbocycles. The van der Waals surface area contributed by atoms with Crippen LogP contribution < -0.4 is 10.6 Å². The van der Waals surface area contributed by atoms with E-state index < -0.39 is 0 Å². The number of hydrogen-bond donors (Lipinski definition) is 2. The molecule has 0 aliphatic heterocycles. The highest BCUT2D eigenvalue weighted by Crippen LogP contribution is 2.22. The summed E-state index contributed by atoms with van der Waals surface area (Å²) in [6.07, 6.45) is 0. The maximum absolute atomic E-state index is 5.60. The van der Waals surface area contributed by atoms with Crippen molar-refractivity contribution >= 4 is 11.7 Å². The molecule has 0 spiro atoms. The molecule has 1 aromatic carbocycles. The van der Waals surface area contributed by atoms with Crippen LogP contribution in [0.2, 0.25) is 0 Å². The fourth-order valence-electron chi connectivity index (χ4n) is 1.84. The average Bonchev–Trinajstić information content (AvgIpc) is 2.83. The Morgan fingerprint density at radius 2 is 2.05 bits per heavy atom. The molecule has 5 nitrogen and oxygen atoms in total. The molecular weight excluding hydrogens is 240 g/mol. The van der Waals surface area contributed by atoms with Crippen LogP contribution in [-0.4, -0.2) is 16.7 Å². The van der Waals surface area contributed by atoms with Crippen molar-refractivity contribution in [3.63, 3.8) is 0 Å². The third-order valence-corrected chi connectivity index (χ3v) is 2.96. The van der Waals surface area contributed by atoms with Crippen molar-refractivity contribution in [2.45, 2.75) is 33.7 Å². The number of nitrogens with one attached hydrogen (secondary N) is 2. The van der Waals surface area contributed by atoms with Crippen LogP contribution in [0.5, 0.6) is 0 Å². The van der Waals surface area contributed by atoms with Crippen LogP contribution in [0, 0.1) is 13.8 Å². The largest absolute Gasteiger partial charge is 0.406 e. The quantitative estimate of drug-likeness (QED) is 0.865. The summed E-state index contributed by atoms with van der Waals surface area (Å²) in [5, 5.41) is 14.5. The number of rotatable bonds is 5. The van der Waals surface area contributed by atoms with Gasteiger partial charge in [0, 0.05) is 5.69 Å². The van der Waals surface area contributed by atoms with Crippen LogP contribution >= 0.6 is 0 Å². The summed E-state index contributed by atoms with van der Waals surface area (Å²) in [6, 6.07) is 6.69. The van der Waals surface area contributed by atoms with Crippen molar-refractivity contribution in [1.82, 2.24) is 15.5 Å². The summed E-state index contributed by atoms with van der Waals surface area (Å²) in [5.41, 5.74) is 3.32. The highest BCUT2D eigenvalue weighted by atomic mass is 16.4. The van der Waals surface area contributed by atoms with Gasteiger partial charge in [0.05, 0.1) is 6.04 Å². The van der Waals surface area contributed by atoms with Gasteiger partial charge >= 0.3 is 6.01 Å². The number of benzene rings is 1. The smallest absolute Gasteiger partial charge is 0.320 e. The second kappa shape index (κ2) is 5.84. The van der Waals surface area contributed by atoms with E-state index >= 15 is 0 Å². The fraction of sp³-hybridized carbons (Fsp3) is 0.429. The Balaban J connectivity index is 2.13. The van der Waals surface area contributed by atoms with E-state index in [9.17, 15) is 0 Å². The van der Waals surface area contributed by atoms with E-state index in [-0.39, 0.29) is 6.04 Å². The molecule has 0 saturated heterocycles. The van der Waals surface area contributed by atoms with Crippen LogP contribution in [-0.2, 0) is 0 Å². The highest BCUT2D eigenvalue weighted by Gasteiger charge is 2.13. The number of aromatic nitrogens is 2. The van der Waals surface area contributed by atoms with Crippen LogP contribution in [0.1, 0.15) is 36.9 Å². The Morgan fingerprint density at radius 1 is 1.26 bits per heavy atom. The van der Waals surface area contributed by atoms with Gasteiger partial charge in [-0.2, -0.15) is 0 Å². The minimum absolute atomic E-state index is 0.0617. The molecule has 1 atom stereocenters. The zero-order chi connectivity index (χ0) is 13.8. The van der Waals surface area contributed by atoms with Gasteiger partial charge in [-0.05, 0) is 44.5 Å². The number of aryl methyl sites for hydroxylation is 2. The predicted molar refractivity (Wildman–Crippen MR) is 75.6 cm³/mol. The number of hydrogen-bond acceptors (Lipinski definition) is 5. The molecular formula is C14H20N4O. The molecule has 0 amide bonds. The lowest BCUT2D eigenvalue weighted by Crippen LogP contribution is -2.17. The molecule has 0 radical (unpaired) electrons. The van der Waals surface area contributed by atoms with Gasteiger partial charge in [0.15, 0.2) is 0 Å². The van der Waals surface area contributed by atoms with E-state index in [1.807, 2.05) is 20.8 Å². The number of nitrogens with zero attached hydrogens (tertiary/aromatic N) is 2. The standard InChI is InChI=1S/C14H20N4O/c1-5-15-11(4)13-17-18-14(19-13)16-12-8-9(2)6-7-10(12)3/h6-8,11,15H,5H2,1-4H3,(H,16,18). The van der Waals surface area contributed by atoms with Crippen LogP contribution in [0.15, 0.2) is 22.6 Å². The molecule has 1 heterocycles. The SMILES string of the molecule is CCNC(C)c1nnc(Nc2cc(C)ccc2C)o1. The van der Waals surface area contributed by atoms with Gasteiger partial charge in [0.2, 0.25) is 5.89 Å². The van der Waals surface area contributed by atoms with Gasteiger partial charge in [-0.3, -0.25) is 0 Å². The van der Waals surface area contributed by atoms with Gasteiger partial charge in [0.1, 0.15) is 0 Å². The summed E-state index contributed by atoms with van der Waals surface area (Å²) in [4.78, 5) is 0.